The summed E-state index contributed by atoms with van der Waals surface area (Å²) in [5, 5.41) is 1.09. The number of benzene rings is 3. The average Bonchev–Trinajstić information content (AvgIpc) is 3.47. The molecular weight excluding hydrogens is 506 g/mol. The van der Waals surface area contributed by atoms with Gasteiger partial charge < -0.3 is 28.3 Å². The first-order chi connectivity index (χ1) is 19.7. The smallest absolute Gasteiger partial charge is 0.298 e. The summed E-state index contributed by atoms with van der Waals surface area (Å²) in [7, 11) is 3.33. The van der Waals surface area contributed by atoms with Crippen LogP contribution in [-0.2, 0) is 35.8 Å². The minimum absolute atomic E-state index is 0.334. The van der Waals surface area contributed by atoms with Crippen LogP contribution in [0.15, 0.2) is 95.7 Å². The topological polar surface area (TPSA) is 79.1 Å². The van der Waals surface area contributed by atoms with Crippen molar-refractivity contribution in [3.63, 3.8) is 0 Å². The maximum absolute atomic E-state index is 5.92. The second-order valence-electron chi connectivity index (χ2n) is 9.32. The van der Waals surface area contributed by atoms with Gasteiger partial charge in [-0.15, -0.1) is 0 Å². The number of methoxy groups -OCH3 is 2. The van der Waals surface area contributed by atoms with Gasteiger partial charge in [-0.1, -0.05) is 36.4 Å². The zero-order valence-electron chi connectivity index (χ0n) is 22.8. The van der Waals surface area contributed by atoms with Gasteiger partial charge in [0.25, 0.3) is 6.01 Å². The average molecular weight is 540 g/mol. The van der Waals surface area contributed by atoms with Gasteiger partial charge in [0.1, 0.15) is 23.5 Å². The number of pyridine rings is 1. The Kier molecular flexibility index (Phi) is 9.24. The summed E-state index contributed by atoms with van der Waals surface area (Å²) in [5.74, 6) is 1.63. The number of nitrogens with zero attached hydrogens (tertiary/aromatic N) is 3. The van der Waals surface area contributed by atoms with E-state index in [1.807, 2.05) is 54.6 Å². The molecule has 3 aromatic carbocycles. The lowest BCUT2D eigenvalue weighted by Gasteiger charge is -2.21. The van der Waals surface area contributed by atoms with Crippen LogP contribution in [0.25, 0.3) is 10.9 Å². The Morgan fingerprint density at radius 2 is 1.43 bits per heavy atom. The Morgan fingerprint density at radius 3 is 2.20 bits per heavy atom. The van der Waals surface area contributed by atoms with Crippen LogP contribution in [0.2, 0.25) is 0 Å². The minimum Gasteiger partial charge on any atom is -0.497 e. The number of rotatable bonds is 14. The van der Waals surface area contributed by atoms with Crippen molar-refractivity contribution in [1.82, 2.24) is 9.97 Å². The van der Waals surface area contributed by atoms with Crippen LogP contribution in [0.4, 0.5) is 6.01 Å². The molecule has 0 unspecified atom stereocenters. The van der Waals surface area contributed by atoms with Crippen molar-refractivity contribution in [2.45, 2.75) is 26.3 Å². The molecule has 0 atom stereocenters. The molecule has 206 valence electrons. The van der Waals surface area contributed by atoms with Crippen molar-refractivity contribution in [3.05, 3.63) is 114 Å². The molecule has 0 fully saturated rings. The first kappa shape index (κ1) is 27.2. The van der Waals surface area contributed by atoms with E-state index in [0.717, 1.165) is 44.8 Å². The molecule has 0 aliphatic rings. The summed E-state index contributed by atoms with van der Waals surface area (Å²) >= 11 is 0. The van der Waals surface area contributed by atoms with E-state index in [2.05, 4.69) is 34.1 Å². The fourth-order valence-electron chi connectivity index (χ4n) is 4.38. The molecule has 8 nitrogen and oxygen atoms in total. The third-order valence-electron chi connectivity index (χ3n) is 6.38. The Labute approximate surface area is 234 Å². The summed E-state index contributed by atoms with van der Waals surface area (Å²) in [6.07, 6.45) is 3.45. The normalized spacial score (nSPS) is 11.1. The number of fused-ring (bicyclic) bond motifs is 1. The molecule has 0 saturated heterocycles. The van der Waals surface area contributed by atoms with Gasteiger partial charge in [0.05, 0.1) is 46.2 Å². The van der Waals surface area contributed by atoms with Crippen molar-refractivity contribution < 1.29 is 23.4 Å². The van der Waals surface area contributed by atoms with Crippen LogP contribution in [0.5, 0.6) is 11.5 Å². The van der Waals surface area contributed by atoms with Crippen LogP contribution in [0.3, 0.4) is 0 Å². The fourth-order valence-corrected chi connectivity index (χ4v) is 4.38. The highest BCUT2D eigenvalue weighted by molar-refractivity contribution is 5.79. The first-order valence-corrected chi connectivity index (χ1v) is 13.1. The standard InChI is InChI=1S/C32H33N3O5/c1-36-29-9-3-6-24(17-29)19-35(20-25-11-12-31-27(16-25)8-5-13-33-31)32-34-28(23-40-32)22-39-15-14-38-21-26-7-4-10-30(18-26)37-2/h3-13,16-18,23H,14-15,19-22H2,1-2H3. The van der Waals surface area contributed by atoms with Crippen LogP contribution >= 0.6 is 0 Å². The molecule has 0 saturated carbocycles. The summed E-state index contributed by atoms with van der Waals surface area (Å²) < 4.78 is 28.1. The molecule has 0 amide bonds. The quantitative estimate of drug-likeness (QED) is 0.155. The second-order valence-corrected chi connectivity index (χ2v) is 9.32. The van der Waals surface area contributed by atoms with Gasteiger partial charge in [0, 0.05) is 24.7 Å². The number of hydrogen-bond donors (Lipinski definition) is 0. The number of aromatic nitrogens is 2. The van der Waals surface area contributed by atoms with Gasteiger partial charge in [0.15, 0.2) is 0 Å². The second kappa shape index (κ2) is 13.6. The van der Waals surface area contributed by atoms with E-state index < -0.39 is 0 Å². The summed E-state index contributed by atoms with van der Waals surface area (Å²) in [5.41, 5.74) is 4.97. The molecule has 0 radical (unpaired) electrons. The molecule has 0 aliphatic carbocycles. The van der Waals surface area contributed by atoms with E-state index >= 15 is 0 Å². The van der Waals surface area contributed by atoms with Gasteiger partial charge in [-0.05, 0) is 59.2 Å². The van der Waals surface area contributed by atoms with Crippen molar-refractivity contribution >= 4 is 16.9 Å². The van der Waals surface area contributed by atoms with Crippen LogP contribution < -0.4 is 14.4 Å². The largest absolute Gasteiger partial charge is 0.497 e. The molecule has 0 N–H and O–H groups in total. The lowest BCUT2D eigenvalue weighted by atomic mass is 10.1. The Morgan fingerprint density at radius 1 is 0.725 bits per heavy atom. The predicted molar refractivity (Wildman–Crippen MR) is 153 cm³/mol. The molecule has 5 rings (SSSR count). The van der Waals surface area contributed by atoms with E-state index in [-0.39, 0.29) is 0 Å². The SMILES string of the molecule is COc1cccc(COCCOCc2coc(N(Cc3cccc(OC)c3)Cc3ccc4ncccc4c3)n2)c1. The Bertz CT molecular complexity index is 1520. The monoisotopic (exact) mass is 539 g/mol. The highest BCUT2D eigenvalue weighted by Crippen LogP contribution is 2.23. The molecule has 0 bridgehead atoms. The lowest BCUT2D eigenvalue weighted by molar-refractivity contribution is 0.0328. The molecule has 5 aromatic rings. The molecule has 0 spiro atoms. The third-order valence-corrected chi connectivity index (χ3v) is 6.38. The zero-order chi connectivity index (χ0) is 27.6. The maximum Gasteiger partial charge on any atom is 0.298 e. The van der Waals surface area contributed by atoms with E-state index in [1.165, 1.54) is 0 Å². The molecule has 40 heavy (non-hydrogen) atoms. The van der Waals surface area contributed by atoms with Crippen molar-refractivity contribution in [2.75, 3.05) is 32.3 Å². The Hall–Kier alpha value is -4.40. The lowest BCUT2D eigenvalue weighted by Crippen LogP contribution is -2.22. The van der Waals surface area contributed by atoms with Gasteiger partial charge in [-0.25, -0.2) is 0 Å². The summed E-state index contributed by atoms with van der Waals surface area (Å²) in [6.45, 7) is 2.97. The summed E-state index contributed by atoms with van der Waals surface area (Å²) in [4.78, 5) is 11.3. The highest BCUT2D eigenvalue weighted by atomic mass is 16.5. The maximum atomic E-state index is 5.92. The van der Waals surface area contributed by atoms with E-state index in [9.17, 15) is 0 Å². The van der Waals surface area contributed by atoms with E-state index in [1.54, 1.807) is 26.7 Å². The molecule has 2 aromatic heterocycles. The number of anilines is 1. The zero-order valence-corrected chi connectivity index (χ0v) is 22.8. The number of ether oxygens (including phenoxy) is 4. The van der Waals surface area contributed by atoms with Crippen molar-refractivity contribution in [1.29, 1.82) is 0 Å². The van der Waals surface area contributed by atoms with Gasteiger partial charge in [-0.3, -0.25) is 4.98 Å². The molecule has 0 aliphatic heterocycles. The molecule has 2 heterocycles. The van der Waals surface area contributed by atoms with Crippen LogP contribution in [0, 0.1) is 0 Å². The van der Waals surface area contributed by atoms with Crippen molar-refractivity contribution in [3.8, 4) is 11.5 Å². The molecule has 8 heteroatoms. The van der Waals surface area contributed by atoms with Gasteiger partial charge in [-0.2, -0.15) is 4.98 Å². The Balaban J connectivity index is 1.20. The fraction of sp³-hybridized carbons (Fsp3) is 0.250. The highest BCUT2D eigenvalue weighted by Gasteiger charge is 2.16. The van der Waals surface area contributed by atoms with Gasteiger partial charge >= 0.3 is 0 Å². The van der Waals surface area contributed by atoms with Crippen LogP contribution in [0.1, 0.15) is 22.4 Å². The molecular formula is C32H33N3O5. The van der Waals surface area contributed by atoms with Gasteiger partial charge in [0.2, 0.25) is 0 Å². The number of oxazole rings is 1. The van der Waals surface area contributed by atoms with Crippen LogP contribution in [-0.4, -0.2) is 37.4 Å². The third kappa shape index (κ3) is 7.37. The van der Waals surface area contributed by atoms with E-state index in [4.69, 9.17) is 28.3 Å². The number of hydrogen-bond acceptors (Lipinski definition) is 8. The first-order valence-electron chi connectivity index (χ1n) is 13.1. The predicted octanol–water partition coefficient (Wildman–Crippen LogP) is 6.18. The van der Waals surface area contributed by atoms with Crippen molar-refractivity contribution in [2.24, 2.45) is 0 Å². The minimum atomic E-state index is 0.334. The van der Waals surface area contributed by atoms with E-state index in [0.29, 0.717) is 45.5 Å². The summed E-state index contributed by atoms with van der Waals surface area (Å²) in [6, 6.07) is 26.7.